The lowest BCUT2D eigenvalue weighted by Gasteiger charge is -2.11. The minimum Gasteiger partial charge on any atom is -0.373 e. The molecule has 2 rings (SSSR count). The van der Waals surface area contributed by atoms with Gasteiger partial charge >= 0.3 is 6.18 Å². The van der Waals surface area contributed by atoms with Gasteiger partial charge in [0.1, 0.15) is 11.6 Å². The van der Waals surface area contributed by atoms with Gasteiger partial charge in [0.2, 0.25) is 5.82 Å². The topological polar surface area (TPSA) is 49.8 Å². The van der Waals surface area contributed by atoms with Crippen LogP contribution in [-0.4, -0.2) is 17.0 Å². The summed E-state index contributed by atoms with van der Waals surface area (Å²) in [5.41, 5.74) is 0.619. The van der Waals surface area contributed by atoms with Crippen LogP contribution >= 0.6 is 15.9 Å². The molecule has 2 N–H and O–H groups in total. The minimum atomic E-state index is -4.60. The van der Waals surface area contributed by atoms with E-state index in [1.165, 1.54) is 13.1 Å². The Morgan fingerprint density at radius 3 is 2.40 bits per heavy atom. The number of alkyl halides is 3. The first-order valence-electron chi connectivity index (χ1n) is 5.55. The van der Waals surface area contributed by atoms with Crippen LogP contribution in [0.3, 0.4) is 0 Å². The first-order valence-corrected chi connectivity index (χ1v) is 6.34. The second-order valence-electron chi connectivity index (χ2n) is 3.85. The molecule has 4 nitrogen and oxygen atoms in total. The van der Waals surface area contributed by atoms with Gasteiger partial charge < -0.3 is 10.6 Å². The molecule has 2 aromatic rings. The SMILES string of the molecule is CNc1cc(Nc2cccc(Br)c2)nc(C(F)(F)F)n1. The highest BCUT2D eigenvalue weighted by Gasteiger charge is 2.35. The summed E-state index contributed by atoms with van der Waals surface area (Å²) in [6, 6.07) is 8.42. The quantitative estimate of drug-likeness (QED) is 0.880. The molecule has 0 unspecified atom stereocenters. The molecule has 8 heteroatoms. The van der Waals surface area contributed by atoms with E-state index in [1.54, 1.807) is 18.2 Å². The maximum Gasteiger partial charge on any atom is 0.451 e. The highest BCUT2D eigenvalue weighted by molar-refractivity contribution is 9.10. The van der Waals surface area contributed by atoms with E-state index < -0.39 is 12.0 Å². The third kappa shape index (κ3) is 3.60. The molecule has 0 fully saturated rings. The number of anilines is 3. The first-order chi connectivity index (χ1) is 9.38. The average molecular weight is 347 g/mol. The predicted octanol–water partition coefficient (Wildman–Crippen LogP) is 4.04. The van der Waals surface area contributed by atoms with Crippen molar-refractivity contribution in [2.45, 2.75) is 6.18 Å². The van der Waals surface area contributed by atoms with E-state index >= 15 is 0 Å². The van der Waals surface area contributed by atoms with Crippen LogP contribution in [-0.2, 0) is 6.18 Å². The minimum absolute atomic E-state index is 0.0646. The van der Waals surface area contributed by atoms with Crippen molar-refractivity contribution < 1.29 is 13.2 Å². The molecule has 0 aliphatic heterocycles. The van der Waals surface area contributed by atoms with E-state index in [2.05, 4.69) is 36.5 Å². The van der Waals surface area contributed by atoms with E-state index in [0.29, 0.717) is 5.69 Å². The van der Waals surface area contributed by atoms with Crippen molar-refractivity contribution in [2.24, 2.45) is 0 Å². The molecular formula is C12H10BrF3N4. The van der Waals surface area contributed by atoms with Crippen molar-refractivity contribution >= 4 is 33.3 Å². The fraction of sp³-hybridized carbons (Fsp3) is 0.167. The molecule has 106 valence electrons. The lowest BCUT2D eigenvalue weighted by molar-refractivity contribution is -0.144. The molecule has 0 aliphatic carbocycles. The van der Waals surface area contributed by atoms with Crippen LogP contribution in [0.2, 0.25) is 0 Å². The Balaban J connectivity index is 2.36. The van der Waals surface area contributed by atoms with Gasteiger partial charge in [-0.05, 0) is 18.2 Å². The molecule has 20 heavy (non-hydrogen) atoms. The Labute approximate surface area is 121 Å². The van der Waals surface area contributed by atoms with E-state index in [4.69, 9.17) is 0 Å². The van der Waals surface area contributed by atoms with Crippen LogP contribution in [0.25, 0.3) is 0 Å². The van der Waals surface area contributed by atoms with Crippen molar-refractivity contribution in [1.82, 2.24) is 9.97 Å². The van der Waals surface area contributed by atoms with Crippen LogP contribution < -0.4 is 10.6 Å². The standard InChI is InChI=1S/C12H10BrF3N4/c1-17-9-6-10(20-11(19-9)12(14,15)16)18-8-4-2-3-7(13)5-8/h2-6H,1H3,(H2,17,18,19,20). The Morgan fingerprint density at radius 1 is 1.10 bits per heavy atom. The third-order valence-electron chi connectivity index (χ3n) is 2.33. The molecule has 1 aromatic carbocycles. The lowest BCUT2D eigenvalue weighted by Crippen LogP contribution is -2.13. The second kappa shape index (κ2) is 5.66. The summed E-state index contributed by atoms with van der Waals surface area (Å²) in [4.78, 5) is 6.86. The lowest BCUT2D eigenvalue weighted by atomic mass is 10.3. The highest BCUT2D eigenvalue weighted by atomic mass is 79.9. The van der Waals surface area contributed by atoms with Gasteiger partial charge in [0.05, 0.1) is 0 Å². The van der Waals surface area contributed by atoms with Crippen LogP contribution in [0.1, 0.15) is 5.82 Å². The fourth-order valence-electron chi connectivity index (χ4n) is 1.48. The second-order valence-corrected chi connectivity index (χ2v) is 4.76. The summed E-state index contributed by atoms with van der Waals surface area (Å²) in [6.07, 6.45) is -4.60. The zero-order chi connectivity index (χ0) is 14.8. The molecule has 1 aromatic heterocycles. The van der Waals surface area contributed by atoms with Gasteiger partial charge in [-0.15, -0.1) is 0 Å². The van der Waals surface area contributed by atoms with Crippen molar-refractivity contribution in [2.75, 3.05) is 17.7 Å². The largest absolute Gasteiger partial charge is 0.451 e. The maximum absolute atomic E-state index is 12.7. The van der Waals surface area contributed by atoms with Gasteiger partial charge in [0, 0.05) is 23.3 Å². The zero-order valence-corrected chi connectivity index (χ0v) is 11.9. The van der Waals surface area contributed by atoms with Crippen molar-refractivity contribution in [3.8, 4) is 0 Å². The molecule has 0 radical (unpaired) electrons. The van der Waals surface area contributed by atoms with Gasteiger partial charge in [0.25, 0.3) is 0 Å². The number of hydrogen-bond donors (Lipinski definition) is 2. The number of halogens is 4. The molecule has 0 aliphatic rings. The van der Waals surface area contributed by atoms with E-state index in [0.717, 1.165) is 4.47 Å². The molecule has 1 heterocycles. The molecule has 0 amide bonds. The van der Waals surface area contributed by atoms with Gasteiger partial charge in [-0.3, -0.25) is 0 Å². The number of benzene rings is 1. The van der Waals surface area contributed by atoms with Gasteiger partial charge in [0.15, 0.2) is 0 Å². The maximum atomic E-state index is 12.7. The predicted molar refractivity (Wildman–Crippen MR) is 74.0 cm³/mol. The van der Waals surface area contributed by atoms with Crippen molar-refractivity contribution in [1.29, 1.82) is 0 Å². The Bertz CT molecular complexity index is 616. The Kier molecular flexibility index (Phi) is 4.12. The molecule has 0 saturated carbocycles. The smallest absolute Gasteiger partial charge is 0.373 e. The third-order valence-corrected chi connectivity index (χ3v) is 2.83. The molecule has 0 spiro atoms. The summed E-state index contributed by atoms with van der Waals surface area (Å²) in [7, 11) is 1.49. The van der Waals surface area contributed by atoms with Gasteiger partial charge in [-0.1, -0.05) is 22.0 Å². The van der Waals surface area contributed by atoms with E-state index in [1.807, 2.05) is 6.07 Å². The molecule has 0 atom stereocenters. The van der Waals surface area contributed by atoms with Crippen molar-refractivity contribution in [3.05, 3.63) is 40.6 Å². The number of hydrogen-bond acceptors (Lipinski definition) is 4. The summed E-state index contributed by atoms with van der Waals surface area (Å²) in [5.74, 6) is -1.04. The number of nitrogens with zero attached hydrogens (tertiary/aromatic N) is 2. The summed E-state index contributed by atoms with van der Waals surface area (Å²) >= 11 is 3.28. The van der Waals surface area contributed by atoms with Crippen LogP contribution in [0, 0.1) is 0 Å². The molecular weight excluding hydrogens is 337 g/mol. The van der Waals surface area contributed by atoms with E-state index in [9.17, 15) is 13.2 Å². The van der Waals surface area contributed by atoms with Gasteiger partial charge in [-0.2, -0.15) is 13.2 Å². The van der Waals surface area contributed by atoms with E-state index in [-0.39, 0.29) is 11.6 Å². The monoisotopic (exact) mass is 346 g/mol. The summed E-state index contributed by atoms with van der Waals surface area (Å²) < 4.78 is 38.9. The Morgan fingerprint density at radius 2 is 1.80 bits per heavy atom. The van der Waals surface area contributed by atoms with Crippen molar-refractivity contribution in [3.63, 3.8) is 0 Å². The van der Waals surface area contributed by atoms with Crippen LogP contribution in [0.4, 0.5) is 30.5 Å². The molecule has 0 bridgehead atoms. The number of nitrogens with one attached hydrogen (secondary N) is 2. The van der Waals surface area contributed by atoms with Gasteiger partial charge in [-0.25, -0.2) is 9.97 Å². The number of aromatic nitrogens is 2. The average Bonchev–Trinajstić information content (AvgIpc) is 2.37. The Hall–Kier alpha value is -1.83. The van der Waals surface area contributed by atoms with Crippen LogP contribution in [0.5, 0.6) is 0 Å². The van der Waals surface area contributed by atoms with Crippen LogP contribution in [0.15, 0.2) is 34.8 Å². The number of rotatable bonds is 3. The summed E-state index contributed by atoms with van der Waals surface area (Å²) in [6.45, 7) is 0. The fourth-order valence-corrected chi connectivity index (χ4v) is 1.88. The first kappa shape index (κ1) is 14.6. The summed E-state index contributed by atoms with van der Waals surface area (Å²) in [5, 5.41) is 5.39. The highest BCUT2D eigenvalue weighted by Crippen LogP contribution is 2.29. The zero-order valence-electron chi connectivity index (χ0n) is 10.3. The molecule has 0 saturated heterocycles. The normalized spacial score (nSPS) is 11.2.